The molecule has 1 saturated heterocycles. The zero-order chi connectivity index (χ0) is 25.7. The average Bonchev–Trinajstić information content (AvgIpc) is 3.08. The predicted molar refractivity (Wildman–Crippen MR) is 115 cm³/mol. The van der Waals surface area contributed by atoms with E-state index in [-0.39, 0.29) is 17.2 Å². The molecule has 1 fully saturated rings. The summed E-state index contributed by atoms with van der Waals surface area (Å²) in [5, 5.41) is 5.18. The number of halogens is 5. The van der Waals surface area contributed by atoms with Crippen molar-refractivity contribution < 1.29 is 41.0 Å². The first-order valence-corrected chi connectivity index (χ1v) is 10.9. The monoisotopic (exact) mass is 498 g/mol. The van der Waals surface area contributed by atoms with Crippen LogP contribution >= 0.6 is 0 Å². The second-order valence-electron chi connectivity index (χ2n) is 8.81. The second kappa shape index (κ2) is 8.78. The smallest absolute Gasteiger partial charge is 0.417 e. The number of benzene rings is 2. The molecule has 188 valence electrons. The van der Waals surface area contributed by atoms with Crippen molar-refractivity contribution >= 4 is 17.5 Å². The largest absolute Gasteiger partial charge is 0.493 e. The van der Waals surface area contributed by atoms with Crippen LogP contribution in [-0.2, 0) is 16.0 Å². The van der Waals surface area contributed by atoms with E-state index in [4.69, 9.17) is 9.47 Å². The molecule has 2 aliphatic heterocycles. The summed E-state index contributed by atoms with van der Waals surface area (Å²) in [5.74, 6) is -7.18. The summed E-state index contributed by atoms with van der Waals surface area (Å²) < 4.78 is 80.7. The first-order valence-electron chi connectivity index (χ1n) is 10.9. The number of ether oxygens (including phenoxy) is 2. The van der Waals surface area contributed by atoms with Crippen LogP contribution in [0.2, 0.25) is 0 Å². The Morgan fingerprint density at radius 1 is 1.23 bits per heavy atom. The molecule has 0 aliphatic carbocycles. The van der Waals surface area contributed by atoms with Crippen LogP contribution in [0.15, 0.2) is 30.3 Å². The molecule has 6 nitrogen and oxygen atoms in total. The molecule has 0 saturated carbocycles. The maximum atomic E-state index is 14.4. The normalized spacial score (nSPS) is 26.2. The van der Waals surface area contributed by atoms with Gasteiger partial charge in [-0.25, -0.2) is 4.39 Å². The number of nitrogens with one attached hydrogen (secondary N) is 2. The molecule has 2 aromatic rings. The lowest BCUT2D eigenvalue weighted by Gasteiger charge is -2.32. The Bertz CT molecular complexity index is 1190. The van der Waals surface area contributed by atoms with Gasteiger partial charge in [-0.05, 0) is 37.1 Å². The number of hydrogen-bond acceptors (Lipinski definition) is 4. The predicted octanol–water partition coefficient (Wildman–Crippen LogP) is 4.34. The number of anilines is 1. The molecule has 2 aromatic carbocycles. The molecule has 4 rings (SSSR count). The van der Waals surface area contributed by atoms with Crippen molar-refractivity contribution in [3.8, 4) is 5.75 Å². The number of alkyl halides is 3. The summed E-state index contributed by atoms with van der Waals surface area (Å²) in [7, 11) is 1.05. The fraction of sp³-hybridized carbons (Fsp3) is 0.417. The number of carbonyl (C=O) groups is 2. The number of rotatable bonds is 4. The highest BCUT2D eigenvalue weighted by molar-refractivity contribution is 6.00. The summed E-state index contributed by atoms with van der Waals surface area (Å²) in [6.07, 6.45) is -5.99. The van der Waals surface area contributed by atoms with E-state index in [0.717, 1.165) is 31.7 Å². The van der Waals surface area contributed by atoms with E-state index in [2.05, 4.69) is 10.6 Å². The van der Waals surface area contributed by atoms with Crippen molar-refractivity contribution in [2.24, 2.45) is 5.92 Å². The van der Waals surface area contributed by atoms with Gasteiger partial charge in [0.25, 0.3) is 11.8 Å². The Morgan fingerprint density at radius 2 is 1.94 bits per heavy atom. The summed E-state index contributed by atoms with van der Waals surface area (Å²) in [5.41, 5.74) is -1.60. The molecule has 0 radical (unpaired) electrons. The van der Waals surface area contributed by atoms with E-state index in [1.165, 1.54) is 19.1 Å². The van der Waals surface area contributed by atoms with Gasteiger partial charge in [-0.2, -0.15) is 17.6 Å². The van der Waals surface area contributed by atoms with Crippen LogP contribution in [-0.4, -0.2) is 43.4 Å². The third-order valence-electron chi connectivity index (χ3n) is 6.87. The molecule has 2 aliphatic rings. The minimum Gasteiger partial charge on any atom is -0.493 e. The Kier molecular flexibility index (Phi) is 6.25. The van der Waals surface area contributed by atoms with E-state index in [0.29, 0.717) is 18.5 Å². The highest BCUT2D eigenvalue weighted by Crippen LogP contribution is 2.55. The number of carbonyl (C=O) groups excluding carboxylic acids is 2. The number of amides is 2. The number of methoxy groups -OCH3 is 1. The van der Waals surface area contributed by atoms with Gasteiger partial charge in [0.05, 0.1) is 7.11 Å². The topological polar surface area (TPSA) is 76.7 Å². The summed E-state index contributed by atoms with van der Waals surface area (Å²) in [6.45, 7) is 2.52. The highest BCUT2D eigenvalue weighted by Gasteiger charge is 2.65. The van der Waals surface area contributed by atoms with E-state index in [9.17, 15) is 31.5 Å². The molecule has 11 heteroatoms. The molecule has 2 heterocycles. The SMILES string of the molecule is COc1c([C@H]2[C@H](C(=O)Nc3ccc4c(c3)C(=O)NCC4)O[C@@](C)(C(F)(F)F)[C@H]2C)ccc(F)c1F. The van der Waals surface area contributed by atoms with Crippen molar-refractivity contribution in [1.29, 1.82) is 0 Å². The van der Waals surface area contributed by atoms with Crippen molar-refractivity contribution in [2.45, 2.75) is 44.1 Å². The van der Waals surface area contributed by atoms with Gasteiger partial charge in [0.2, 0.25) is 5.82 Å². The Labute approximate surface area is 197 Å². The molecular weight excluding hydrogens is 475 g/mol. The fourth-order valence-corrected chi connectivity index (χ4v) is 4.74. The molecule has 0 unspecified atom stereocenters. The third-order valence-corrected chi connectivity index (χ3v) is 6.87. The van der Waals surface area contributed by atoms with Crippen LogP contribution < -0.4 is 15.4 Å². The zero-order valence-electron chi connectivity index (χ0n) is 19.1. The van der Waals surface area contributed by atoms with Gasteiger partial charge in [0, 0.05) is 35.2 Å². The lowest BCUT2D eigenvalue weighted by molar-refractivity contribution is -0.272. The average molecular weight is 498 g/mol. The summed E-state index contributed by atoms with van der Waals surface area (Å²) in [4.78, 5) is 25.4. The van der Waals surface area contributed by atoms with Crippen LogP contribution in [0.25, 0.3) is 0 Å². The zero-order valence-corrected chi connectivity index (χ0v) is 19.1. The van der Waals surface area contributed by atoms with Gasteiger partial charge in [-0.1, -0.05) is 19.1 Å². The molecule has 0 aromatic heterocycles. The van der Waals surface area contributed by atoms with Crippen LogP contribution in [0.5, 0.6) is 5.75 Å². The van der Waals surface area contributed by atoms with E-state index >= 15 is 0 Å². The van der Waals surface area contributed by atoms with Crippen molar-refractivity contribution in [2.75, 3.05) is 19.0 Å². The lowest BCUT2D eigenvalue weighted by atomic mass is 9.77. The molecule has 2 N–H and O–H groups in total. The van der Waals surface area contributed by atoms with Gasteiger partial charge >= 0.3 is 6.18 Å². The molecule has 35 heavy (non-hydrogen) atoms. The van der Waals surface area contributed by atoms with Crippen LogP contribution in [0.3, 0.4) is 0 Å². The molecule has 2 amide bonds. The minimum absolute atomic E-state index is 0.128. The standard InChI is InChI=1S/C24H23F5N2O4/c1-11-17(14-6-7-16(25)18(26)19(14)34-3)20(35-23(11,2)24(27,28)29)22(33)31-13-5-4-12-8-9-30-21(32)15(12)10-13/h4-7,10-11,17,20H,8-9H2,1-3H3,(H,30,32)(H,31,33)/t11-,17-,20+,23+/m0/s1. The Hall–Kier alpha value is -3.21. The van der Waals surface area contributed by atoms with Crippen molar-refractivity contribution in [3.05, 3.63) is 58.7 Å². The van der Waals surface area contributed by atoms with Crippen molar-refractivity contribution in [1.82, 2.24) is 5.32 Å². The van der Waals surface area contributed by atoms with Crippen LogP contribution in [0.4, 0.5) is 27.6 Å². The molecule has 4 atom stereocenters. The molecular formula is C24H23F5N2O4. The summed E-state index contributed by atoms with van der Waals surface area (Å²) >= 11 is 0. The van der Waals surface area contributed by atoms with Gasteiger partial charge in [0.1, 0.15) is 6.10 Å². The van der Waals surface area contributed by atoms with Gasteiger partial charge in [-0.3, -0.25) is 9.59 Å². The van der Waals surface area contributed by atoms with Gasteiger partial charge in [0.15, 0.2) is 17.2 Å². The summed E-state index contributed by atoms with van der Waals surface area (Å²) in [6, 6.07) is 6.46. The van der Waals surface area contributed by atoms with Gasteiger partial charge < -0.3 is 20.1 Å². The maximum absolute atomic E-state index is 14.4. The lowest BCUT2D eigenvalue weighted by Crippen LogP contribution is -2.47. The van der Waals surface area contributed by atoms with E-state index < -0.39 is 53.0 Å². The van der Waals surface area contributed by atoms with Crippen molar-refractivity contribution in [3.63, 3.8) is 0 Å². The van der Waals surface area contributed by atoms with Crippen LogP contribution in [0.1, 0.15) is 41.3 Å². The third kappa shape index (κ3) is 4.11. The van der Waals surface area contributed by atoms with E-state index in [1.807, 2.05) is 0 Å². The number of hydrogen-bond donors (Lipinski definition) is 2. The molecule has 0 bridgehead atoms. The second-order valence-corrected chi connectivity index (χ2v) is 8.81. The maximum Gasteiger partial charge on any atom is 0.417 e. The van der Waals surface area contributed by atoms with Gasteiger partial charge in [-0.15, -0.1) is 0 Å². The first-order chi connectivity index (χ1) is 16.4. The van der Waals surface area contributed by atoms with E-state index in [1.54, 1.807) is 6.07 Å². The minimum atomic E-state index is -4.87. The highest BCUT2D eigenvalue weighted by atomic mass is 19.4. The first kappa shape index (κ1) is 24.9. The Morgan fingerprint density at radius 3 is 2.60 bits per heavy atom. The molecule has 0 spiro atoms. The quantitative estimate of drug-likeness (QED) is 0.616. The Balaban J connectivity index is 1.74. The fourth-order valence-electron chi connectivity index (χ4n) is 4.74. The number of fused-ring (bicyclic) bond motifs is 1. The van der Waals surface area contributed by atoms with Crippen LogP contribution in [0, 0.1) is 17.6 Å².